The van der Waals surface area contributed by atoms with Crippen molar-refractivity contribution in [2.75, 3.05) is 26.2 Å². The Labute approximate surface area is 175 Å². The van der Waals surface area contributed by atoms with Crippen molar-refractivity contribution in [1.82, 2.24) is 4.90 Å². The van der Waals surface area contributed by atoms with Gasteiger partial charge in [0, 0.05) is 6.54 Å². The first-order chi connectivity index (χ1) is 14.3. The van der Waals surface area contributed by atoms with Gasteiger partial charge in [0.25, 0.3) is 0 Å². The van der Waals surface area contributed by atoms with Crippen molar-refractivity contribution in [3.05, 3.63) is 108 Å². The summed E-state index contributed by atoms with van der Waals surface area (Å²) < 4.78 is 0. The van der Waals surface area contributed by atoms with Crippen molar-refractivity contribution in [2.24, 2.45) is 11.5 Å². The Hall–Kier alpha value is -2.46. The maximum absolute atomic E-state index is 5.94. The summed E-state index contributed by atoms with van der Waals surface area (Å²) in [6.45, 7) is 3.30. The predicted octanol–water partition coefficient (Wildman–Crippen LogP) is 4.37. The monoisotopic (exact) mass is 387 g/mol. The van der Waals surface area contributed by atoms with Gasteiger partial charge in [-0.2, -0.15) is 0 Å². The number of unbranched alkanes of at least 4 members (excludes halogenated alkanes) is 1. The highest BCUT2D eigenvalue weighted by molar-refractivity contribution is 5.49. The van der Waals surface area contributed by atoms with Crippen LogP contribution >= 0.6 is 0 Å². The van der Waals surface area contributed by atoms with Crippen LogP contribution < -0.4 is 11.5 Å². The molecule has 0 amide bonds. The zero-order valence-electron chi connectivity index (χ0n) is 17.2. The lowest BCUT2D eigenvalue weighted by atomic mass is 9.75. The molecule has 0 aliphatic heterocycles. The molecule has 0 atom stereocenters. The molecular weight excluding hydrogens is 354 g/mol. The molecule has 0 aliphatic carbocycles. The number of hydrogen-bond acceptors (Lipinski definition) is 3. The highest BCUT2D eigenvalue weighted by atomic mass is 15.2. The molecule has 0 bridgehead atoms. The van der Waals surface area contributed by atoms with Gasteiger partial charge in [-0.3, -0.25) is 4.90 Å². The summed E-state index contributed by atoms with van der Waals surface area (Å²) in [7, 11) is 0. The Morgan fingerprint density at radius 1 is 0.517 bits per heavy atom. The largest absolute Gasteiger partial charge is 0.330 e. The van der Waals surface area contributed by atoms with Crippen molar-refractivity contribution in [3.63, 3.8) is 0 Å². The fourth-order valence-electron chi connectivity index (χ4n) is 4.26. The fraction of sp³-hybridized carbons (Fsp3) is 0.308. The van der Waals surface area contributed by atoms with Crippen molar-refractivity contribution < 1.29 is 0 Å². The van der Waals surface area contributed by atoms with Crippen molar-refractivity contribution in [3.8, 4) is 0 Å². The lowest BCUT2D eigenvalue weighted by molar-refractivity contribution is 0.152. The van der Waals surface area contributed by atoms with E-state index in [1.807, 2.05) is 0 Å². The lowest BCUT2D eigenvalue weighted by Gasteiger charge is -2.46. The summed E-state index contributed by atoms with van der Waals surface area (Å²) in [6.07, 6.45) is 3.04. The summed E-state index contributed by atoms with van der Waals surface area (Å²) in [5, 5.41) is 0. The Balaban J connectivity index is 2.24. The third kappa shape index (κ3) is 4.76. The van der Waals surface area contributed by atoms with E-state index in [0.717, 1.165) is 38.9 Å². The normalized spacial score (nSPS) is 11.7. The van der Waals surface area contributed by atoms with Crippen LogP contribution in [0.1, 0.15) is 36.0 Å². The lowest BCUT2D eigenvalue weighted by Crippen LogP contribution is -2.49. The minimum absolute atomic E-state index is 0.368. The number of nitrogens with zero attached hydrogens (tertiary/aromatic N) is 1. The smallest absolute Gasteiger partial charge is 0.0972 e. The molecule has 0 unspecified atom stereocenters. The van der Waals surface area contributed by atoms with Crippen LogP contribution in [0.25, 0.3) is 0 Å². The van der Waals surface area contributed by atoms with E-state index < -0.39 is 0 Å². The molecule has 0 heterocycles. The van der Waals surface area contributed by atoms with E-state index in [0.29, 0.717) is 6.54 Å². The highest BCUT2D eigenvalue weighted by Gasteiger charge is 2.41. The first kappa shape index (κ1) is 21.3. The third-order valence-corrected chi connectivity index (χ3v) is 5.56. The molecular formula is C26H33N3. The van der Waals surface area contributed by atoms with Crippen LogP contribution in [0.15, 0.2) is 91.0 Å². The van der Waals surface area contributed by atoms with Crippen LogP contribution in [0.2, 0.25) is 0 Å². The molecule has 0 spiro atoms. The van der Waals surface area contributed by atoms with Crippen LogP contribution in [-0.2, 0) is 5.54 Å². The fourth-order valence-corrected chi connectivity index (χ4v) is 4.26. The highest BCUT2D eigenvalue weighted by Crippen LogP contribution is 2.42. The van der Waals surface area contributed by atoms with Gasteiger partial charge in [-0.15, -0.1) is 0 Å². The topological polar surface area (TPSA) is 55.3 Å². The Kier molecular flexibility index (Phi) is 8.00. The zero-order chi connectivity index (χ0) is 20.4. The number of benzene rings is 3. The van der Waals surface area contributed by atoms with Crippen LogP contribution in [0.3, 0.4) is 0 Å². The van der Waals surface area contributed by atoms with Crippen LogP contribution in [-0.4, -0.2) is 31.1 Å². The molecule has 29 heavy (non-hydrogen) atoms. The molecule has 0 saturated carbocycles. The van der Waals surface area contributed by atoms with E-state index in [1.54, 1.807) is 0 Å². The molecule has 0 aromatic heterocycles. The zero-order valence-corrected chi connectivity index (χ0v) is 17.2. The predicted molar refractivity (Wildman–Crippen MR) is 123 cm³/mol. The van der Waals surface area contributed by atoms with E-state index in [4.69, 9.17) is 11.5 Å². The molecule has 4 N–H and O–H groups in total. The molecule has 3 nitrogen and oxygen atoms in total. The third-order valence-electron chi connectivity index (χ3n) is 5.56. The summed E-state index contributed by atoms with van der Waals surface area (Å²) in [4.78, 5) is 2.61. The second-order valence-electron chi connectivity index (χ2n) is 7.43. The molecule has 3 heteroatoms. The minimum Gasteiger partial charge on any atom is -0.330 e. The maximum Gasteiger partial charge on any atom is 0.0972 e. The average Bonchev–Trinajstić information content (AvgIpc) is 2.80. The Morgan fingerprint density at radius 2 is 0.897 bits per heavy atom. The maximum atomic E-state index is 5.94. The molecule has 0 radical (unpaired) electrons. The Morgan fingerprint density at radius 3 is 1.28 bits per heavy atom. The summed E-state index contributed by atoms with van der Waals surface area (Å²) in [6, 6.07) is 32.6. The van der Waals surface area contributed by atoms with E-state index >= 15 is 0 Å². The van der Waals surface area contributed by atoms with Gasteiger partial charge in [-0.05, 0) is 55.6 Å². The minimum atomic E-state index is -0.368. The van der Waals surface area contributed by atoms with Gasteiger partial charge >= 0.3 is 0 Å². The summed E-state index contributed by atoms with van der Waals surface area (Å²) in [5.41, 5.74) is 15.2. The molecule has 152 valence electrons. The van der Waals surface area contributed by atoms with Crippen LogP contribution in [0, 0.1) is 0 Å². The molecule has 0 fully saturated rings. The number of hydrogen-bond donors (Lipinski definition) is 2. The number of nitrogens with two attached hydrogens (primary N) is 2. The van der Waals surface area contributed by atoms with E-state index in [-0.39, 0.29) is 5.54 Å². The Bertz CT molecular complexity index is 722. The van der Waals surface area contributed by atoms with Crippen molar-refractivity contribution in [1.29, 1.82) is 0 Å². The van der Waals surface area contributed by atoms with E-state index in [2.05, 4.69) is 95.9 Å². The average molecular weight is 388 g/mol. The SMILES string of the molecule is NCCCCN(CCCN)C(c1ccccc1)(c1ccccc1)c1ccccc1. The van der Waals surface area contributed by atoms with Crippen molar-refractivity contribution >= 4 is 0 Å². The second kappa shape index (κ2) is 10.9. The quantitative estimate of drug-likeness (QED) is 0.379. The van der Waals surface area contributed by atoms with Gasteiger partial charge < -0.3 is 11.5 Å². The standard InChI is InChI=1S/C26H33N3/c27-19-10-11-21-29(22-12-20-28)26(23-13-4-1-5-14-23,24-15-6-2-7-16-24)25-17-8-3-9-18-25/h1-9,13-18H,10-12,19-22,27-28H2. The van der Waals surface area contributed by atoms with Crippen LogP contribution in [0.4, 0.5) is 0 Å². The van der Waals surface area contributed by atoms with Gasteiger partial charge in [0.2, 0.25) is 0 Å². The first-order valence-corrected chi connectivity index (χ1v) is 10.7. The van der Waals surface area contributed by atoms with Gasteiger partial charge in [0.1, 0.15) is 0 Å². The van der Waals surface area contributed by atoms with Gasteiger partial charge in [-0.25, -0.2) is 0 Å². The van der Waals surface area contributed by atoms with Crippen LogP contribution in [0.5, 0.6) is 0 Å². The summed E-state index contributed by atoms with van der Waals surface area (Å²) in [5.74, 6) is 0. The number of rotatable bonds is 11. The summed E-state index contributed by atoms with van der Waals surface area (Å²) >= 11 is 0. The molecule has 0 saturated heterocycles. The molecule has 3 aromatic carbocycles. The van der Waals surface area contributed by atoms with Gasteiger partial charge in [0.05, 0.1) is 5.54 Å². The molecule has 0 aliphatic rings. The van der Waals surface area contributed by atoms with Gasteiger partial charge in [-0.1, -0.05) is 91.0 Å². The van der Waals surface area contributed by atoms with E-state index in [1.165, 1.54) is 16.7 Å². The molecule has 3 rings (SSSR count). The van der Waals surface area contributed by atoms with E-state index in [9.17, 15) is 0 Å². The van der Waals surface area contributed by atoms with Gasteiger partial charge in [0.15, 0.2) is 0 Å². The second-order valence-corrected chi connectivity index (χ2v) is 7.43. The first-order valence-electron chi connectivity index (χ1n) is 10.7. The van der Waals surface area contributed by atoms with Crippen molar-refractivity contribution in [2.45, 2.75) is 24.8 Å². The molecule has 3 aromatic rings.